The molecule has 2 aromatic rings. The predicted molar refractivity (Wildman–Crippen MR) is 92.0 cm³/mol. The molecule has 0 radical (unpaired) electrons. The number of aryl methyl sites for hydroxylation is 3. The molecule has 7 nitrogen and oxygen atoms in total. The zero-order chi connectivity index (χ0) is 16.8. The standard InChI is InChI=1S/C16H27N5O2/c1-12-18-14-13(15(22)19-16(23)20(14)3)21(12)11-9-7-5-4-6-8-10-17-2/h17H,4-11H2,1-3H3,(H,19,22,23). The minimum absolute atomic E-state index is 0.351. The molecule has 0 aliphatic carbocycles. The van der Waals surface area contributed by atoms with Gasteiger partial charge in [0.2, 0.25) is 0 Å². The Hall–Kier alpha value is -1.89. The summed E-state index contributed by atoms with van der Waals surface area (Å²) in [5.74, 6) is 0.778. The maximum atomic E-state index is 12.1. The van der Waals surface area contributed by atoms with Crippen molar-refractivity contribution < 1.29 is 0 Å². The topological polar surface area (TPSA) is 84.7 Å². The largest absolute Gasteiger partial charge is 0.329 e. The summed E-state index contributed by atoms with van der Waals surface area (Å²) in [6.07, 6.45) is 7.11. The minimum Gasteiger partial charge on any atom is -0.322 e. The maximum Gasteiger partial charge on any atom is 0.329 e. The third kappa shape index (κ3) is 4.10. The Bertz CT molecular complexity index is 756. The normalized spacial score (nSPS) is 11.4. The first-order valence-electron chi connectivity index (χ1n) is 8.37. The molecule has 0 bridgehead atoms. The summed E-state index contributed by atoms with van der Waals surface area (Å²) in [6, 6.07) is 0. The zero-order valence-electron chi connectivity index (χ0n) is 14.3. The van der Waals surface area contributed by atoms with Gasteiger partial charge in [0.15, 0.2) is 11.2 Å². The van der Waals surface area contributed by atoms with Crippen molar-refractivity contribution in [3.63, 3.8) is 0 Å². The van der Waals surface area contributed by atoms with Crippen molar-refractivity contribution in [1.82, 2.24) is 24.4 Å². The van der Waals surface area contributed by atoms with Gasteiger partial charge in [-0.05, 0) is 33.4 Å². The Morgan fingerprint density at radius 2 is 1.74 bits per heavy atom. The van der Waals surface area contributed by atoms with Gasteiger partial charge in [0.1, 0.15) is 5.82 Å². The molecule has 0 saturated carbocycles. The summed E-state index contributed by atoms with van der Waals surface area (Å²) in [4.78, 5) is 30.5. The molecule has 0 fully saturated rings. The molecule has 0 atom stereocenters. The number of fused-ring (bicyclic) bond motifs is 1. The lowest BCUT2D eigenvalue weighted by Gasteiger charge is -2.06. The number of aromatic amines is 1. The van der Waals surface area contributed by atoms with Crippen LogP contribution in [-0.2, 0) is 13.6 Å². The van der Waals surface area contributed by atoms with E-state index in [2.05, 4.69) is 15.3 Å². The first-order valence-corrected chi connectivity index (χ1v) is 8.37. The van der Waals surface area contributed by atoms with Crippen molar-refractivity contribution >= 4 is 11.2 Å². The summed E-state index contributed by atoms with van der Waals surface area (Å²) in [6.45, 7) is 3.73. The van der Waals surface area contributed by atoms with Crippen LogP contribution in [0.2, 0.25) is 0 Å². The van der Waals surface area contributed by atoms with Gasteiger partial charge in [-0.1, -0.05) is 25.7 Å². The highest BCUT2D eigenvalue weighted by molar-refractivity contribution is 5.70. The average molecular weight is 321 g/mol. The van der Waals surface area contributed by atoms with Crippen molar-refractivity contribution in [3.8, 4) is 0 Å². The van der Waals surface area contributed by atoms with E-state index < -0.39 is 5.69 Å². The van der Waals surface area contributed by atoms with E-state index in [9.17, 15) is 9.59 Å². The summed E-state index contributed by atoms with van der Waals surface area (Å²) < 4.78 is 3.32. The Labute approximate surface area is 135 Å². The van der Waals surface area contributed by atoms with Crippen LogP contribution in [0.1, 0.15) is 44.3 Å². The first-order chi connectivity index (χ1) is 11.1. The maximum absolute atomic E-state index is 12.1. The van der Waals surface area contributed by atoms with E-state index in [-0.39, 0.29) is 5.56 Å². The van der Waals surface area contributed by atoms with Crippen molar-refractivity contribution in [2.24, 2.45) is 7.05 Å². The number of H-pyrrole nitrogens is 1. The molecule has 0 aliphatic rings. The molecule has 23 heavy (non-hydrogen) atoms. The minimum atomic E-state index is -0.422. The lowest BCUT2D eigenvalue weighted by atomic mass is 10.1. The van der Waals surface area contributed by atoms with E-state index in [4.69, 9.17) is 0 Å². The number of aromatic nitrogens is 4. The Morgan fingerprint density at radius 3 is 2.43 bits per heavy atom. The third-order valence-corrected chi connectivity index (χ3v) is 4.26. The van der Waals surface area contributed by atoms with Crippen molar-refractivity contribution in [1.29, 1.82) is 0 Å². The fraction of sp³-hybridized carbons (Fsp3) is 0.688. The van der Waals surface area contributed by atoms with Crippen molar-refractivity contribution in [3.05, 3.63) is 26.7 Å². The van der Waals surface area contributed by atoms with Crippen LogP contribution >= 0.6 is 0 Å². The smallest absolute Gasteiger partial charge is 0.322 e. The highest BCUT2D eigenvalue weighted by Crippen LogP contribution is 2.12. The number of rotatable bonds is 9. The lowest BCUT2D eigenvalue weighted by Crippen LogP contribution is -2.29. The number of nitrogens with zero attached hydrogens (tertiary/aromatic N) is 3. The van der Waals surface area contributed by atoms with E-state index in [0.717, 1.165) is 31.8 Å². The van der Waals surface area contributed by atoms with Gasteiger partial charge in [-0.3, -0.25) is 14.3 Å². The quantitative estimate of drug-likeness (QED) is 0.682. The molecule has 0 amide bonds. The Morgan fingerprint density at radius 1 is 1.09 bits per heavy atom. The SMILES string of the molecule is CNCCCCCCCCn1c(C)nc2c1c(=O)[nH]c(=O)n2C. The molecule has 128 valence electrons. The molecule has 7 heteroatoms. The van der Waals surface area contributed by atoms with E-state index in [1.165, 1.54) is 30.3 Å². The van der Waals surface area contributed by atoms with Crippen LogP contribution in [0.4, 0.5) is 0 Å². The summed E-state index contributed by atoms with van der Waals surface area (Å²) in [5.41, 5.74) is 0.187. The Balaban J connectivity index is 1.96. The van der Waals surface area contributed by atoms with Gasteiger partial charge in [-0.2, -0.15) is 0 Å². The number of unbranched alkanes of at least 4 members (excludes halogenated alkanes) is 5. The lowest BCUT2D eigenvalue weighted by molar-refractivity contribution is 0.547. The number of hydrogen-bond acceptors (Lipinski definition) is 4. The van der Waals surface area contributed by atoms with E-state index in [1.54, 1.807) is 7.05 Å². The molecule has 2 heterocycles. The van der Waals surface area contributed by atoms with Gasteiger partial charge in [-0.15, -0.1) is 0 Å². The van der Waals surface area contributed by atoms with E-state index >= 15 is 0 Å². The van der Waals surface area contributed by atoms with Crippen LogP contribution in [0.5, 0.6) is 0 Å². The van der Waals surface area contributed by atoms with Crippen LogP contribution in [-0.4, -0.2) is 32.7 Å². The summed E-state index contributed by atoms with van der Waals surface area (Å²) in [5, 5.41) is 3.16. The molecule has 0 aromatic carbocycles. The van der Waals surface area contributed by atoms with Gasteiger partial charge in [0.05, 0.1) is 0 Å². The second-order valence-corrected chi connectivity index (χ2v) is 6.03. The summed E-state index contributed by atoms with van der Waals surface area (Å²) in [7, 11) is 3.61. The van der Waals surface area contributed by atoms with Crippen LogP contribution < -0.4 is 16.6 Å². The second-order valence-electron chi connectivity index (χ2n) is 6.03. The molecule has 2 rings (SSSR count). The first kappa shape index (κ1) is 17.5. The zero-order valence-corrected chi connectivity index (χ0v) is 14.3. The molecule has 2 N–H and O–H groups in total. The fourth-order valence-corrected chi connectivity index (χ4v) is 2.90. The van der Waals surface area contributed by atoms with Crippen molar-refractivity contribution in [2.75, 3.05) is 13.6 Å². The molecule has 0 spiro atoms. The van der Waals surface area contributed by atoms with Crippen LogP contribution in [0.25, 0.3) is 11.2 Å². The van der Waals surface area contributed by atoms with Gasteiger partial charge in [0, 0.05) is 13.6 Å². The molecular weight excluding hydrogens is 294 g/mol. The predicted octanol–water partition coefficient (Wildman–Crippen LogP) is 1.29. The molecule has 0 unspecified atom stereocenters. The van der Waals surface area contributed by atoms with Crippen LogP contribution in [0.3, 0.4) is 0 Å². The van der Waals surface area contributed by atoms with Gasteiger partial charge >= 0.3 is 5.69 Å². The van der Waals surface area contributed by atoms with Crippen LogP contribution in [0, 0.1) is 6.92 Å². The van der Waals surface area contributed by atoms with Crippen LogP contribution in [0.15, 0.2) is 9.59 Å². The Kier molecular flexibility index (Phi) is 6.15. The van der Waals surface area contributed by atoms with Gasteiger partial charge in [-0.25, -0.2) is 9.78 Å². The fourth-order valence-electron chi connectivity index (χ4n) is 2.90. The third-order valence-electron chi connectivity index (χ3n) is 4.26. The molecule has 2 aromatic heterocycles. The molecule has 0 aliphatic heterocycles. The number of imidazole rings is 1. The second kappa shape index (κ2) is 8.10. The highest BCUT2D eigenvalue weighted by atomic mass is 16.2. The molecular formula is C16H27N5O2. The number of hydrogen-bond donors (Lipinski definition) is 2. The highest BCUT2D eigenvalue weighted by Gasteiger charge is 2.14. The van der Waals surface area contributed by atoms with Gasteiger partial charge in [0.25, 0.3) is 5.56 Å². The summed E-state index contributed by atoms with van der Waals surface area (Å²) >= 11 is 0. The van der Waals surface area contributed by atoms with Crippen molar-refractivity contribution in [2.45, 2.75) is 52.0 Å². The molecule has 0 saturated heterocycles. The van der Waals surface area contributed by atoms with Gasteiger partial charge < -0.3 is 9.88 Å². The number of nitrogens with one attached hydrogen (secondary N) is 2. The van der Waals surface area contributed by atoms with E-state index in [1.807, 2.05) is 18.5 Å². The van der Waals surface area contributed by atoms with E-state index in [0.29, 0.717) is 11.2 Å². The average Bonchev–Trinajstić information content (AvgIpc) is 2.85. The monoisotopic (exact) mass is 321 g/mol.